The van der Waals surface area contributed by atoms with Gasteiger partial charge in [0.05, 0.1) is 0 Å². The molecule has 0 aromatic heterocycles. The lowest BCUT2D eigenvalue weighted by atomic mass is 9.72. The van der Waals surface area contributed by atoms with Crippen LogP contribution in [-0.2, 0) is 11.8 Å². The molecular weight excluding hydrogens is 260 g/mol. The van der Waals surface area contributed by atoms with Gasteiger partial charge < -0.3 is 0 Å². The van der Waals surface area contributed by atoms with E-state index in [0.717, 1.165) is 5.33 Å². The van der Waals surface area contributed by atoms with Gasteiger partial charge >= 0.3 is 0 Å². The SMILES string of the molecule is C=C(CBr)c1ccc2c(c1)C(C)(C)CCC2. The summed E-state index contributed by atoms with van der Waals surface area (Å²) in [6, 6.07) is 6.85. The highest BCUT2D eigenvalue weighted by Crippen LogP contribution is 2.37. The van der Waals surface area contributed by atoms with Gasteiger partial charge in [0.15, 0.2) is 0 Å². The van der Waals surface area contributed by atoms with Gasteiger partial charge in [-0.1, -0.05) is 54.6 Å². The molecular formula is C15H19Br. The van der Waals surface area contributed by atoms with Gasteiger partial charge in [0.2, 0.25) is 0 Å². The van der Waals surface area contributed by atoms with Crippen LogP contribution in [-0.4, -0.2) is 5.33 Å². The van der Waals surface area contributed by atoms with E-state index >= 15 is 0 Å². The van der Waals surface area contributed by atoms with Crippen LogP contribution in [0.5, 0.6) is 0 Å². The van der Waals surface area contributed by atoms with Crippen LogP contribution in [0.3, 0.4) is 0 Å². The third kappa shape index (κ3) is 2.10. The van der Waals surface area contributed by atoms with Crippen LogP contribution in [0.2, 0.25) is 0 Å². The van der Waals surface area contributed by atoms with E-state index in [1.165, 1.54) is 41.5 Å². The number of halogens is 1. The first-order chi connectivity index (χ1) is 7.54. The van der Waals surface area contributed by atoms with Crippen molar-refractivity contribution < 1.29 is 0 Å². The summed E-state index contributed by atoms with van der Waals surface area (Å²) in [5, 5.41) is 0.853. The normalized spacial score (nSPS) is 17.9. The Morgan fingerprint density at radius 3 is 2.88 bits per heavy atom. The molecule has 1 aromatic carbocycles. The van der Waals surface area contributed by atoms with Crippen molar-refractivity contribution in [3.8, 4) is 0 Å². The average molecular weight is 279 g/mol. The van der Waals surface area contributed by atoms with E-state index in [0.29, 0.717) is 5.41 Å². The summed E-state index contributed by atoms with van der Waals surface area (Å²) in [6.07, 6.45) is 3.85. The zero-order chi connectivity index (χ0) is 11.8. The van der Waals surface area contributed by atoms with Gasteiger partial charge in [0.1, 0.15) is 0 Å². The van der Waals surface area contributed by atoms with Gasteiger partial charge in [-0.05, 0) is 46.9 Å². The molecule has 1 heteroatoms. The maximum Gasteiger partial charge on any atom is 0.0283 e. The Hall–Kier alpha value is -0.560. The van der Waals surface area contributed by atoms with E-state index in [-0.39, 0.29) is 0 Å². The van der Waals surface area contributed by atoms with E-state index in [1.54, 1.807) is 0 Å². The molecule has 0 unspecified atom stereocenters. The number of hydrogen-bond donors (Lipinski definition) is 0. The zero-order valence-electron chi connectivity index (χ0n) is 10.1. The first kappa shape index (κ1) is 11.9. The Morgan fingerprint density at radius 2 is 2.19 bits per heavy atom. The maximum atomic E-state index is 4.09. The van der Waals surface area contributed by atoms with Crippen molar-refractivity contribution in [2.75, 3.05) is 5.33 Å². The average Bonchev–Trinajstić information content (AvgIpc) is 2.27. The Kier molecular flexibility index (Phi) is 3.25. The lowest BCUT2D eigenvalue weighted by molar-refractivity contribution is 0.432. The molecule has 0 aliphatic heterocycles. The van der Waals surface area contributed by atoms with Crippen LogP contribution in [0.1, 0.15) is 43.4 Å². The number of rotatable bonds is 2. The van der Waals surface area contributed by atoms with Crippen molar-refractivity contribution in [1.29, 1.82) is 0 Å². The van der Waals surface area contributed by atoms with Gasteiger partial charge in [-0.15, -0.1) is 0 Å². The molecule has 2 rings (SSSR count). The number of hydrogen-bond acceptors (Lipinski definition) is 0. The minimum absolute atomic E-state index is 0.330. The predicted molar refractivity (Wildman–Crippen MR) is 75.2 cm³/mol. The summed E-state index contributed by atoms with van der Waals surface area (Å²) in [5.74, 6) is 0. The minimum atomic E-state index is 0.330. The molecule has 0 bridgehead atoms. The molecule has 0 fully saturated rings. The first-order valence-corrected chi connectivity index (χ1v) is 7.04. The molecule has 0 saturated carbocycles. The second-order valence-corrected chi connectivity index (χ2v) is 5.91. The van der Waals surface area contributed by atoms with Crippen molar-refractivity contribution >= 4 is 21.5 Å². The van der Waals surface area contributed by atoms with E-state index < -0.39 is 0 Å². The van der Waals surface area contributed by atoms with Crippen LogP contribution >= 0.6 is 15.9 Å². The molecule has 0 atom stereocenters. The van der Waals surface area contributed by atoms with E-state index in [2.05, 4.69) is 54.6 Å². The van der Waals surface area contributed by atoms with Gasteiger partial charge in [0, 0.05) is 5.33 Å². The van der Waals surface area contributed by atoms with Crippen molar-refractivity contribution in [2.45, 2.75) is 38.5 Å². The summed E-state index contributed by atoms with van der Waals surface area (Å²) in [4.78, 5) is 0. The van der Waals surface area contributed by atoms with Gasteiger partial charge in [-0.2, -0.15) is 0 Å². The van der Waals surface area contributed by atoms with Crippen LogP contribution < -0.4 is 0 Å². The number of fused-ring (bicyclic) bond motifs is 1. The molecule has 16 heavy (non-hydrogen) atoms. The van der Waals surface area contributed by atoms with Gasteiger partial charge in [-0.25, -0.2) is 0 Å². The highest BCUT2D eigenvalue weighted by molar-refractivity contribution is 9.09. The number of aryl methyl sites for hydroxylation is 1. The molecule has 0 radical (unpaired) electrons. The topological polar surface area (TPSA) is 0 Å². The lowest BCUT2D eigenvalue weighted by Crippen LogP contribution is -2.23. The molecule has 1 aliphatic rings. The summed E-state index contributed by atoms with van der Waals surface area (Å²) in [6.45, 7) is 8.80. The molecule has 0 spiro atoms. The molecule has 0 heterocycles. The highest BCUT2D eigenvalue weighted by atomic mass is 79.9. The van der Waals surface area contributed by atoms with E-state index in [4.69, 9.17) is 0 Å². The largest absolute Gasteiger partial charge is 0.0944 e. The van der Waals surface area contributed by atoms with Crippen LogP contribution in [0.15, 0.2) is 24.8 Å². The monoisotopic (exact) mass is 278 g/mol. The number of benzene rings is 1. The number of alkyl halides is 1. The van der Waals surface area contributed by atoms with Crippen molar-refractivity contribution in [3.05, 3.63) is 41.5 Å². The Bertz CT molecular complexity index is 415. The van der Waals surface area contributed by atoms with Gasteiger partial charge in [0.25, 0.3) is 0 Å². The Morgan fingerprint density at radius 1 is 1.44 bits per heavy atom. The molecule has 0 nitrogen and oxygen atoms in total. The van der Waals surface area contributed by atoms with Crippen molar-refractivity contribution in [2.24, 2.45) is 0 Å². The smallest absolute Gasteiger partial charge is 0.0283 e. The summed E-state index contributed by atoms with van der Waals surface area (Å²) in [5.41, 5.74) is 5.84. The molecule has 0 saturated heterocycles. The van der Waals surface area contributed by atoms with Crippen molar-refractivity contribution in [1.82, 2.24) is 0 Å². The van der Waals surface area contributed by atoms with Crippen LogP contribution in [0.25, 0.3) is 5.57 Å². The fraction of sp³-hybridized carbons (Fsp3) is 0.467. The fourth-order valence-corrected chi connectivity index (χ4v) is 2.90. The third-order valence-corrected chi connectivity index (χ3v) is 4.33. The van der Waals surface area contributed by atoms with E-state index in [1.807, 2.05) is 0 Å². The quantitative estimate of drug-likeness (QED) is 0.688. The first-order valence-electron chi connectivity index (χ1n) is 5.92. The molecule has 1 aliphatic carbocycles. The van der Waals surface area contributed by atoms with Crippen LogP contribution in [0.4, 0.5) is 0 Å². The molecule has 0 N–H and O–H groups in total. The zero-order valence-corrected chi connectivity index (χ0v) is 11.7. The predicted octanol–water partition coefficient (Wildman–Crippen LogP) is 4.71. The standard InChI is InChI=1S/C15H19Br/c1-11(10-16)13-7-6-12-5-4-8-15(2,3)14(12)9-13/h6-7,9H,1,4-5,8,10H2,2-3H3. The summed E-state index contributed by atoms with van der Waals surface area (Å²) >= 11 is 3.48. The summed E-state index contributed by atoms with van der Waals surface area (Å²) < 4.78 is 0. The number of allylic oxidation sites excluding steroid dienone is 1. The molecule has 1 aromatic rings. The summed E-state index contributed by atoms with van der Waals surface area (Å²) in [7, 11) is 0. The van der Waals surface area contributed by atoms with Crippen LogP contribution in [0, 0.1) is 0 Å². The van der Waals surface area contributed by atoms with E-state index in [9.17, 15) is 0 Å². The molecule has 0 amide bonds. The second-order valence-electron chi connectivity index (χ2n) is 5.35. The van der Waals surface area contributed by atoms with Gasteiger partial charge in [-0.3, -0.25) is 0 Å². The second kappa shape index (κ2) is 4.37. The minimum Gasteiger partial charge on any atom is -0.0944 e. The third-order valence-electron chi connectivity index (χ3n) is 3.66. The lowest BCUT2D eigenvalue weighted by Gasteiger charge is -2.33. The Balaban J connectivity index is 2.47. The highest BCUT2D eigenvalue weighted by Gasteiger charge is 2.27. The fourth-order valence-electron chi connectivity index (χ4n) is 2.58. The van der Waals surface area contributed by atoms with Crippen molar-refractivity contribution in [3.63, 3.8) is 0 Å². The Labute approximate surface area is 107 Å². The molecule has 86 valence electrons. The maximum absolute atomic E-state index is 4.09.